The summed E-state index contributed by atoms with van der Waals surface area (Å²) < 4.78 is 1.99. The van der Waals surface area contributed by atoms with Crippen LogP contribution in [0, 0.1) is 0 Å². The Bertz CT molecular complexity index is 954. The maximum atomic E-state index is 12.3. The summed E-state index contributed by atoms with van der Waals surface area (Å²) in [4.78, 5) is 23.7. The molecule has 0 saturated heterocycles. The summed E-state index contributed by atoms with van der Waals surface area (Å²) >= 11 is 1.34. The molecule has 2 aromatic carbocycles. The third-order valence-corrected chi connectivity index (χ3v) is 4.92. The Labute approximate surface area is 162 Å². The van der Waals surface area contributed by atoms with E-state index in [1.54, 1.807) is 24.3 Å². The maximum Gasteiger partial charge on any atom is 0.234 e. The van der Waals surface area contributed by atoms with Crippen molar-refractivity contribution in [3.63, 3.8) is 0 Å². The molecule has 0 bridgehead atoms. The Kier molecular flexibility index (Phi) is 6.03. The van der Waals surface area contributed by atoms with Crippen LogP contribution in [0.3, 0.4) is 0 Å². The number of anilines is 1. The minimum atomic E-state index is -0.160. The summed E-state index contributed by atoms with van der Waals surface area (Å²) in [5.74, 6) is 0.796. The molecule has 6 nitrogen and oxygen atoms in total. The van der Waals surface area contributed by atoms with Gasteiger partial charge in [-0.2, -0.15) is 0 Å². The number of hydrogen-bond acceptors (Lipinski definition) is 5. The highest BCUT2D eigenvalue weighted by molar-refractivity contribution is 7.99. The molecule has 1 aromatic heterocycles. The Balaban J connectivity index is 1.66. The van der Waals surface area contributed by atoms with Crippen molar-refractivity contribution in [3.8, 4) is 11.4 Å². The minimum Gasteiger partial charge on any atom is -0.325 e. The van der Waals surface area contributed by atoms with E-state index in [-0.39, 0.29) is 17.4 Å². The molecule has 0 atom stereocenters. The van der Waals surface area contributed by atoms with Gasteiger partial charge >= 0.3 is 0 Å². The van der Waals surface area contributed by atoms with Crippen molar-refractivity contribution in [2.75, 3.05) is 11.1 Å². The topological polar surface area (TPSA) is 76.9 Å². The lowest BCUT2D eigenvalue weighted by Crippen LogP contribution is -2.15. The highest BCUT2D eigenvalue weighted by Crippen LogP contribution is 2.24. The van der Waals surface area contributed by atoms with Gasteiger partial charge in [-0.1, -0.05) is 54.2 Å². The zero-order chi connectivity index (χ0) is 19.2. The normalized spacial score (nSPS) is 10.6. The summed E-state index contributed by atoms with van der Waals surface area (Å²) in [6, 6.07) is 16.7. The number of carbonyl (C=O) groups excluding carboxylic acids is 2. The first-order valence-electron chi connectivity index (χ1n) is 8.60. The zero-order valence-corrected chi connectivity index (χ0v) is 16.0. The standard InChI is InChI=1S/C20H20N4O2S/c1-3-24-19(15-8-5-4-6-9-15)22-23-20(24)27-13-18(26)21-17-11-7-10-16(12-17)14(2)25/h4-12H,3,13H2,1-2H3,(H,21,26). The van der Waals surface area contributed by atoms with E-state index < -0.39 is 0 Å². The average molecular weight is 380 g/mol. The van der Waals surface area contributed by atoms with Gasteiger partial charge in [0.1, 0.15) is 0 Å². The van der Waals surface area contributed by atoms with Crippen LogP contribution in [-0.4, -0.2) is 32.2 Å². The summed E-state index contributed by atoms with van der Waals surface area (Å²) in [7, 11) is 0. The van der Waals surface area contributed by atoms with Crippen molar-refractivity contribution in [2.45, 2.75) is 25.5 Å². The molecular weight excluding hydrogens is 360 g/mol. The molecule has 3 aromatic rings. The van der Waals surface area contributed by atoms with Gasteiger partial charge in [0, 0.05) is 23.4 Å². The second-order valence-corrected chi connectivity index (χ2v) is 6.83. The number of hydrogen-bond donors (Lipinski definition) is 1. The van der Waals surface area contributed by atoms with Crippen LogP contribution in [0.4, 0.5) is 5.69 Å². The van der Waals surface area contributed by atoms with Gasteiger partial charge in [0.25, 0.3) is 0 Å². The molecule has 0 aliphatic rings. The van der Waals surface area contributed by atoms with Crippen LogP contribution in [0.5, 0.6) is 0 Å². The van der Waals surface area contributed by atoms with E-state index >= 15 is 0 Å². The largest absolute Gasteiger partial charge is 0.325 e. The fourth-order valence-electron chi connectivity index (χ4n) is 2.62. The van der Waals surface area contributed by atoms with Gasteiger partial charge in [-0.05, 0) is 26.0 Å². The molecule has 0 unspecified atom stereocenters. The van der Waals surface area contributed by atoms with Crippen molar-refractivity contribution >= 4 is 29.1 Å². The first-order valence-corrected chi connectivity index (χ1v) is 9.59. The third-order valence-electron chi connectivity index (χ3n) is 3.95. The lowest BCUT2D eigenvalue weighted by atomic mass is 10.1. The SMILES string of the molecule is CCn1c(SCC(=O)Nc2cccc(C(C)=O)c2)nnc1-c1ccccc1. The number of Topliss-reactive ketones (excluding diaryl/α,β-unsaturated/α-hetero) is 1. The predicted octanol–water partition coefficient (Wildman–Crippen LogP) is 3.90. The van der Waals surface area contributed by atoms with Crippen molar-refractivity contribution in [1.29, 1.82) is 0 Å². The zero-order valence-electron chi connectivity index (χ0n) is 15.2. The van der Waals surface area contributed by atoms with E-state index in [0.29, 0.717) is 23.0 Å². The van der Waals surface area contributed by atoms with Gasteiger partial charge in [0.05, 0.1) is 5.75 Å². The van der Waals surface area contributed by atoms with Gasteiger partial charge in [-0.3, -0.25) is 9.59 Å². The van der Waals surface area contributed by atoms with Gasteiger partial charge in [-0.15, -0.1) is 10.2 Å². The number of nitrogens with zero attached hydrogens (tertiary/aromatic N) is 3. The number of ketones is 1. The Hall–Kier alpha value is -2.93. The van der Waals surface area contributed by atoms with Crippen molar-refractivity contribution < 1.29 is 9.59 Å². The molecule has 0 radical (unpaired) electrons. The van der Waals surface area contributed by atoms with Crippen LogP contribution >= 0.6 is 11.8 Å². The van der Waals surface area contributed by atoms with Crippen LogP contribution in [0.2, 0.25) is 0 Å². The van der Waals surface area contributed by atoms with Crippen LogP contribution in [-0.2, 0) is 11.3 Å². The second kappa shape index (κ2) is 8.64. The minimum absolute atomic E-state index is 0.0371. The van der Waals surface area contributed by atoms with Crippen LogP contribution in [0.25, 0.3) is 11.4 Å². The molecular formula is C20H20N4O2S. The van der Waals surface area contributed by atoms with Gasteiger partial charge in [0.2, 0.25) is 5.91 Å². The average Bonchev–Trinajstić information content (AvgIpc) is 3.10. The number of benzene rings is 2. The first kappa shape index (κ1) is 18.8. The van der Waals surface area contributed by atoms with Crippen molar-refractivity contribution in [1.82, 2.24) is 14.8 Å². The smallest absolute Gasteiger partial charge is 0.234 e. The van der Waals surface area contributed by atoms with E-state index in [1.807, 2.05) is 41.8 Å². The van der Waals surface area contributed by atoms with E-state index in [9.17, 15) is 9.59 Å². The molecule has 0 aliphatic carbocycles. The van der Waals surface area contributed by atoms with Gasteiger partial charge < -0.3 is 9.88 Å². The van der Waals surface area contributed by atoms with Crippen LogP contribution < -0.4 is 5.32 Å². The Morgan fingerprint density at radius 2 is 1.85 bits per heavy atom. The fraction of sp³-hybridized carbons (Fsp3) is 0.200. The number of thioether (sulfide) groups is 1. The molecule has 1 heterocycles. The molecule has 0 spiro atoms. The van der Waals surface area contributed by atoms with E-state index in [0.717, 1.165) is 11.4 Å². The van der Waals surface area contributed by atoms with Gasteiger partial charge in [-0.25, -0.2) is 0 Å². The number of aromatic nitrogens is 3. The quantitative estimate of drug-likeness (QED) is 0.497. The number of nitrogens with one attached hydrogen (secondary N) is 1. The Morgan fingerprint density at radius 3 is 2.56 bits per heavy atom. The molecule has 0 aliphatic heterocycles. The maximum absolute atomic E-state index is 12.3. The summed E-state index contributed by atoms with van der Waals surface area (Å²) in [6.45, 7) is 4.23. The Morgan fingerprint density at radius 1 is 1.07 bits per heavy atom. The third kappa shape index (κ3) is 4.62. The first-order chi connectivity index (χ1) is 13.1. The van der Waals surface area contributed by atoms with Crippen molar-refractivity contribution in [3.05, 3.63) is 60.2 Å². The number of carbonyl (C=O) groups is 2. The van der Waals surface area contributed by atoms with Crippen LogP contribution in [0.1, 0.15) is 24.2 Å². The summed E-state index contributed by atoms with van der Waals surface area (Å²) in [5.41, 5.74) is 2.16. The number of rotatable bonds is 7. The van der Waals surface area contributed by atoms with E-state index in [2.05, 4.69) is 15.5 Å². The molecule has 7 heteroatoms. The second-order valence-electron chi connectivity index (χ2n) is 5.89. The highest BCUT2D eigenvalue weighted by atomic mass is 32.2. The molecule has 0 fully saturated rings. The molecule has 138 valence electrons. The van der Waals surface area contributed by atoms with E-state index in [4.69, 9.17) is 0 Å². The lowest BCUT2D eigenvalue weighted by molar-refractivity contribution is -0.113. The van der Waals surface area contributed by atoms with Crippen molar-refractivity contribution in [2.24, 2.45) is 0 Å². The molecule has 3 rings (SSSR count). The fourth-order valence-corrected chi connectivity index (χ4v) is 3.43. The predicted molar refractivity (Wildman–Crippen MR) is 107 cm³/mol. The van der Waals surface area contributed by atoms with Gasteiger partial charge in [0.15, 0.2) is 16.8 Å². The molecule has 1 N–H and O–H groups in total. The molecule has 1 amide bonds. The summed E-state index contributed by atoms with van der Waals surface area (Å²) in [6.07, 6.45) is 0. The molecule has 0 saturated carbocycles. The molecule has 27 heavy (non-hydrogen) atoms. The number of amides is 1. The monoisotopic (exact) mass is 380 g/mol. The lowest BCUT2D eigenvalue weighted by Gasteiger charge is -2.08. The van der Waals surface area contributed by atoms with E-state index in [1.165, 1.54) is 18.7 Å². The van der Waals surface area contributed by atoms with Crippen LogP contribution in [0.15, 0.2) is 59.8 Å². The summed E-state index contributed by atoms with van der Waals surface area (Å²) in [5, 5.41) is 12.0. The highest BCUT2D eigenvalue weighted by Gasteiger charge is 2.14.